The van der Waals surface area contributed by atoms with Crippen LogP contribution in [0.1, 0.15) is 0 Å². The first-order valence-electron chi connectivity index (χ1n) is 7.61. The maximum atomic E-state index is 13.8. The molecule has 0 saturated heterocycles. The minimum absolute atomic E-state index is 0.121. The average molecular weight is 356 g/mol. The van der Waals surface area contributed by atoms with Crippen molar-refractivity contribution in [1.82, 2.24) is 9.97 Å². The summed E-state index contributed by atoms with van der Waals surface area (Å²) >= 11 is 0. The van der Waals surface area contributed by atoms with Crippen molar-refractivity contribution in [3.05, 3.63) is 76.5 Å². The molecule has 26 heavy (non-hydrogen) atoms. The molecule has 2 aromatic carbocycles. The highest BCUT2D eigenvalue weighted by atomic mass is 19.1. The molecule has 0 saturated carbocycles. The number of hydrazine groups is 1. The largest absolute Gasteiger partial charge is 0.329 e. The molecular formula is C18H11F3N4O. The normalized spacial score (nSPS) is 11.0. The molecule has 0 amide bonds. The third kappa shape index (κ3) is 2.71. The third-order valence-corrected chi connectivity index (χ3v) is 3.92. The Morgan fingerprint density at radius 2 is 1.65 bits per heavy atom. The van der Waals surface area contributed by atoms with Crippen molar-refractivity contribution in [3.63, 3.8) is 0 Å². The lowest BCUT2D eigenvalue weighted by Crippen LogP contribution is -2.14. The molecule has 4 aromatic rings. The van der Waals surface area contributed by atoms with E-state index in [0.29, 0.717) is 16.3 Å². The molecule has 8 heteroatoms. The van der Waals surface area contributed by atoms with E-state index in [-0.39, 0.29) is 16.9 Å². The minimum Gasteiger partial charge on any atom is -0.329 e. The van der Waals surface area contributed by atoms with Crippen molar-refractivity contribution >= 4 is 33.2 Å². The lowest BCUT2D eigenvalue weighted by Gasteiger charge is -2.13. The number of benzene rings is 2. The summed E-state index contributed by atoms with van der Waals surface area (Å²) in [6, 6.07) is 8.43. The fraction of sp³-hybridized carbons (Fsp3) is 0. The van der Waals surface area contributed by atoms with Crippen molar-refractivity contribution in [2.45, 2.75) is 0 Å². The van der Waals surface area contributed by atoms with Gasteiger partial charge in [-0.05, 0) is 36.4 Å². The molecule has 5 nitrogen and oxygen atoms in total. The summed E-state index contributed by atoms with van der Waals surface area (Å²) in [6.07, 6.45) is 1.42. The molecule has 0 atom stereocenters. The van der Waals surface area contributed by atoms with Gasteiger partial charge in [0.1, 0.15) is 17.5 Å². The number of anilines is 2. The molecular weight excluding hydrogens is 345 g/mol. The maximum absolute atomic E-state index is 13.8. The van der Waals surface area contributed by atoms with Crippen molar-refractivity contribution in [3.8, 4) is 0 Å². The second-order valence-electron chi connectivity index (χ2n) is 5.59. The molecule has 130 valence electrons. The van der Waals surface area contributed by atoms with Crippen LogP contribution < -0.4 is 16.4 Å². The van der Waals surface area contributed by atoms with Gasteiger partial charge in [-0.15, -0.1) is 0 Å². The van der Waals surface area contributed by atoms with Gasteiger partial charge in [-0.2, -0.15) is 0 Å². The Kier molecular flexibility index (Phi) is 3.72. The Morgan fingerprint density at radius 3 is 2.50 bits per heavy atom. The summed E-state index contributed by atoms with van der Waals surface area (Å²) in [7, 11) is 0. The van der Waals surface area contributed by atoms with Crippen molar-refractivity contribution in [2.75, 3.05) is 10.9 Å². The SMILES string of the molecule is O=c1[nH]ccc2c(NNc3cc(F)ccc3F)nc3ccc(F)cc3c12. The number of pyridine rings is 2. The molecule has 0 spiro atoms. The van der Waals surface area contributed by atoms with Gasteiger partial charge in [0, 0.05) is 23.0 Å². The van der Waals surface area contributed by atoms with E-state index in [1.807, 2.05) is 0 Å². The number of aromatic nitrogens is 2. The quantitative estimate of drug-likeness (QED) is 0.384. The summed E-state index contributed by atoms with van der Waals surface area (Å²) in [4.78, 5) is 19.1. The van der Waals surface area contributed by atoms with Crippen LogP contribution in [0.3, 0.4) is 0 Å². The Labute approximate surface area is 144 Å². The van der Waals surface area contributed by atoms with E-state index in [0.717, 1.165) is 18.2 Å². The Morgan fingerprint density at radius 1 is 0.885 bits per heavy atom. The molecule has 0 fully saturated rings. The van der Waals surface area contributed by atoms with Crippen molar-refractivity contribution in [1.29, 1.82) is 0 Å². The summed E-state index contributed by atoms with van der Waals surface area (Å²) in [5.74, 6) is -1.55. The zero-order valence-electron chi connectivity index (χ0n) is 13.1. The summed E-state index contributed by atoms with van der Waals surface area (Å²) in [5.41, 5.74) is 5.07. The lowest BCUT2D eigenvalue weighted by molar-refractivity contribution is 0.603. The fourth-order valence-electron chi connectivity index (χ4n) is 2.75. The van der Waals surface area contributed by atoms with Crippen LogP contribution in [0.2, 0.25) is 0 Å². The van der Waals surface area contributed by atoms with Crippen LogP contribution in [0.15, 0.2) is 53.5 Å². The molecule has 0 aliphatic carbocycles. The molecule has 2 aromatic heterocycles. The zero-order chi connectivity index (χ0) is 18.3. The highest BCUT2D eigenvalue weighted by molar-refractivity contribution is 6.09. The Hall–Kier alpha value is -3.55. The maximum Gasteiger partial charge on any atom is 0.256 e. The van der Waals surface area contributed by atoms with Gasteiger partial charge in [0.15, 0.2) is 5.82 Å². The predicted molar refractivity (Wildman–Crippen MR) is 93.4 cm³/mol. The molecule has 3 N–H and O–H groups in total. The number of fused-ring (bicyclic) bond motifs is 3. The van der Waals surface area contributed by atoms with Gasteiger partial charge in [0.2, 0.25) is 0 Å². The standard InChI is InChI=1S/C18H11F3N4O/c19-9-2-4-14-12(7-9)16-11(5-6-22-18(16)26)17(23-14)25-24-15-8-10(20)1-3-13(15)21/h1-8,24H,(H,22,26)(H,23,25). The van der Waals surface area contributed by atoms with Crippen LogP contribution in [0, 0.1) is 17.5 Å². The fourth-order valence-corrected chi connectivity index (χ4v) is 2.75. The van der Waals surface area contributed by atoms with E-state index >= 15 is 0 Å². The molecule has 0 radical (unpaired) electrons. The number of nitrogens with one attached hydrogen (secondary N) is 3. The van der Waals surface area contributed by atoms with Crippen LogP contribution in [0.4, 0.5) is 24.7 Å². The number of hydrogen-bond donors (Lipinski definition) is 3. The van der Waals surface area contributed by atoms with Crippen LogP contribution in [0.5, 0.6) is 0 Å². The van der Waals surface area contributed by atoms with Crippen molar-refractivity contribution < 1.29 is 13.2 Å². The monoisotopic (exact) mass is 356 g/mol. The van der Waals surface area contributed by atoms with Crippen LogP contribution in [0.25, 0.3) is 21.7 Å². The number of halogens is 3. The number of rotatable bonds is 3. The van der Waals surface area contributed by atoms with Gasteiger partial charge in [0.25, 0.3) is 5.56 Å². The topological polar surface area (TPSA) is 69.8 Å². The summed E-state index contributed by atoms with van der Waals surface area (Å²) in [6.45, 7) is 0. The van der Waals surface area contributed by atoms with Gasteiger partial charge in [-0.25, -0.2) is 18.2 Å². The predicted octanol–water partition coefficient (Wildman–Crippen LogP) is 3.93. The highest BCUT2D eigenvalue weighted by Gasteiger charge is 2.12. The smallest absolute Gasteiger partial charge is 0.256 e. The first kappa shape index (κ1) is 15.9. The summed E-state index contributed by atoms with van der Waals surface area (Å²) < 4.78 is 40.7. The minimum atomic E-state index is -0.663. The van der Waals surface area contributed by atoms with E-state index in [2.05, 4.69) is 20.8 Å². The second kappa shape index (κ2) is 6.07. The third-order valence-electron chi connectivity index (χ3n) is 3.92. The highest BCUT2D eigenvalue weighted by Crippen LogP contribution is 2.27. The van der Waals surface area contributed by atoms with E-state index in [9.17, 15) is 18.0 Å². The number of aromatic amines is 1. The molecule has 2 heterocycles. The van der Waals surface area contributed by atoms with Gasteiger partial charge in [-0.3, -0.25) is 15.6 Å². The van der Waals surface area contributed by atoms with Crippen LogP contribution in [-0.4, -0.2) is 9.97 Å². The average Bonchev–Trinajstić information content (AvgIpc) is 2.62. The molecule has 0 bridgehead atoms. The van der Waals surface area contributed by atoms with Crippen LogP contribution >= 0.6 is 0 Å². The first-order chi connectivity index (χ1) is 12.5. The van der Waals surface area contributed by atoms with Gasteiger partial charge < -0.3 is 4.98 Å². The van der Waals surface area contributed by atoms with E-state index < -0.39 is 23.0 Å². The zero-order valence-corrected chi connectivity index (χ0v) is 13.1. The second-order valence-corrected chi connectivity index (χ2v) is 5.59. The molecule has 0 aliphatic heterocycles. The van der Waals surface area contributed by atoms with Gasteiger partial charge in [0.05, 0.1) is 16.6 Å². The number of nitrogens with zero attached hydrogens (tertiary/aromatic N) is 1. The van der Waals surface area contributed by atoms with Crippen LogP contribution in [-0.2, 0) is 0 Å². The van der Waals surface area contributed by atoms with E-state index in [1.54, 1.807) is 6.07 Å². The molecule has 4 rings (SSSR count). The first-order valence-corrected chi connectivity index (χ1v) is 7.61. The Bertz CT molecular complexity index is 1210. The number of hydrogen-bond acceptors (Lipinski definition) is 4. The van der Waals surface area contributed by atoms with Gasteiger partial charge >= 0.3 is 0 Å². The molecule has 0 unspecified atom stereocenters. The van der Waals surface area contributed by atoms with Crippen molar-refractivity contribution in [2.24, 2.45) is 0 Å². The lowest BCUT2D eigenvalue weighted by atomic mass is 10.1. The van der Waals surface area contributed by atoms with E-state index in [1.165, 1.54) is 24.4 Å². The van der Waals surface area contributed by atoms with E-state index in [4.69, 9.17) is 0 Å². The van der Waals surface area contributed by atoms with Gasteiger partial charge in [-0.1, -0.05) is 0 Å². The Balaban J connectivity index is 1.86. The summed E-state index contributed by atoms with van der Waals surface area (Å²) in [5, 5.41) is 0.988. The number of H-pyrrole nitrogens is 1. The molecule has 0 aliphatic rings.